The van der Waals surface area contributed by atoms with Crippen LogP contribution in [0.5, 0.6) is 0 Å². The van der Waals surface area contributed by atoms with Gasteiger partial charge in [0.25, 0.3) is 5.91 Å². The predicted octanol–water partition coefficient (Wildman–Crippen LogP) is 1.57. The maximum Gasteiger partial charge on any atom is 0.291 e. The van der Waals surface area contributed by atoms with Crippen LogP contribution in [0.4, 0.5) is 5.95 Å². The summed E-state index contributed by atoms with van der Waals surface area (Å²) in [6.07, 6.45) is 8.65. The van der Waals surface area contributed by atoms with Gasteiger partial charge in [0.15, 0.2) is 0 Å². The topological polar surface area (TPSA) is 87.9 Å². The molecule has 2 aliphatic rings. The monoisotopic (exact) mass is 263 g/mol. The molecule has 1 amide bonds. The Balaban J connectivity index is 1.68. The lowest BCUT2D eigenvalue weighted by Gasteiger charge is -2.29. The minimum absolute atomic E-state index is 0.0442. The summed E-state index contributed by atoms with van der Waals surface area (Å²) < 4.78 is 0. The third-order valence-electron chi connectivity index (χ3n) is 4.13. The first-order chi connectivity index (χ1) is 9.24. The van der Waals surface area contributed by atoms with Crippen molar-refractivity contribution in [2.45, 2.75) is 51.0 Å². The largest absolute Gasteiger partial charge is 0.366 e. The van der Waals surface area contributed by atoms with Crippen molar-refractivity contribution in [2.24, 2.45) is 5.92 Å². The molecule has 19 heavy (non-hydrogen) atoms. The van der Waals surface area contributed by atoms with Crippen molar-refractivity contribution in [1.29, 1.82) is 0 Å². The van der Waals surface area contributed by atoms with Gasteiger partial charge in [-0.15, -0.1) is 5.10 Å². The van der Waals surface area contributed by atoms with Crippen molar-refractivity contribution < 1.29 is 4.79 Å². The van der Waals surface area contributed by atoms with Crippen LogP contribution in [0.1, 0.15) is 55.6 Å². The average Bonchev–Trinajstić information content (AvgIpc) is 3.18. The van der Waals surface area contributed by atoms with Crippen LogP contribution >= 0.6 is 0 Å². The first-order valence-electron chi connectivity index (χ1n) is 7.23. The molecule has 0 spiro atoms. The number of hydrogen-bond donors (Lipinski definition) is 2. The number of carbonyl (C=O) groups is 1. The van der Waals surface area contributed by atoms with E-state index in [1.54, 1.807) is 0 Å². The number of aromatic amines is 1. The van der Waals surface area contributed by atoms with E-state index < -0.39 is 0 Å². The van der Waals surface area contributed by atoms with Gasteiger partial charge in [0, 0.05) is 12.6 Å². The van der Waals surface area contributed by atoms with E-state index >= 15 is 0 Å². The van der Waals surface area contributed by atoms with Crippen molar-refractivity contribution in [2.75, 3.05) is 12.3 Å². The lowest BCUT2D eigenvalue weighted by molar-refractivity contribution is 0.0687. The van der Waals surface area contributed by atoms with Gasteiger partial charge in [-0.1, -0.05) is 19.3 Å². The number of nitrogens with one attached hydrogen (secondary N) is 1. The van der Waals surface area contributed by atoms with E-state index in [4.69, 9.17) is 5.73 Å². The van der Waals surface area contributed by atoms with Crippen molar-refractivity contribution in [1.82, 2.24) is 20.1 Å². The van der Waals surface area contributed by atoms with Gasteiger partial charge in [0.1, 0.15) is 0 Å². The molecule has 3 N–H and O–H groups in total. The highest BCUT2D eigenvalue weighted by molar-refractivity contribution is 5.91. The second-order valence-corrected chi connectivity index (χ2v) is 5.73. The van der Waals surface area contributed by atoms with E-state index in [1.807, 2.05) is 4.90 Å². The highest BCUT2D eigenvalue weighted by Gasteiger charge is 2.35. The summed E-state index contributed by atoms with van der Waals surface area (Å²) >= 11 is 0. The molecule has 104 valence electrons. The van der Waals surface area contributed by atoms with Crippen molar-refractivity contribution >= 4 is 11.9 Å². The molecule has 2 saturated carbocycles. The molecule has 0 radical (unpaired) electrons. The molecule has 0 saturated heterocycles. The molecule has 0 atom stereocenters. The van der Waals surface area contributed by atoms with E-state index in [-0.39, 0.29) is 17.7 Å². The number of anilines is 1. The van der Waals surface area contributed by atoms with Crippen LogP contribution in [-0.2, 0) is 0 Å². The molecule has 0 aliphatic heterocycles. The second kappa shape index (κ2) is 5.19. The van der Waals surface area contributed by atoms with Gasteiger partial charge in [-0.25, -0.2) is 0 Å². The van der Waals surface area contributed by atoms with Crippen LogP contribution in [0.3, 0.4) is 0 Å². The molecule has 1 aromatic rings. The Hall–Kier alpha value is -1.59. The van der Waals surface area contributed by atoms with Crippen LogP contribution in [-0.4, -0.2) is 38.6 Å². The maximum atomic E-state index is 12.4. The van der Waals surface area contributed by atoms with Gasteiger partial charge in [0.2, 0.25) is 11.8 Å². The number of nitrogens with zero attached hydrogens (tertiary/aromatic N) is 3. The molecule has 2 aliphatic carbocycles. The van der Waals surface area contributed by atoms with Crippen molar-refractivity contribution in [3.05, 3.63) is 5.82 Å². The van der Waals surface area contributed by atoms with E-state index in [2.05, 4.69) is 15.2 Å². The Morgan fingerprint density at radius 3 is 2.58 bits per heavy atom. The number of nitrogen functional groups attached to an aromatic ring is 1. The third kappa shape index (κ3) is 2.88. The van der Waals surface area contributed by atoms with Crippen molar-refractivity contribution in [3.63, 3.8) is 0 Å². The molecular formula is C13H21N5O. The zero-order valence-electron chi connectivity index (χ0n) is 11.1. The quantitative estimate of drug-likeness (QED) is 0.863. The highest BCUT2D eigenvalue weighted by Crippen LogP contribution is 2.32. The lowest BCUT2D eigenvalue weighted by atomic mass is 9.89. The number of H-pyrrole nitrogens is 1. The Labute approximate surface area is 112 Å². The number of aromatic nitrogens is 3. The number of amides is 1. The molecule has 6 nitrogen and oxygen atoms in total. The number of carbonyl (C=O) groups excluding carboxylic acids is 1. The standard InChI is InChI=1S/C13H21N5O/c14-13-15-11(16-17-13)12(19)18(10-6-7-10)8-9-4-2-1-3-5-9/h9-10H,1-8H2,(H3,14,15,16,17). The second-order valence-electron chi connectivity index (χ2n) is 5.73. The van der Waals surface area contributed by atoms with Gasteiger partial charge in [0.05, 0.1) is 0 Å². The molecule has 0 aromatic carbocycles. The molecule has 0 unspecified atom stereocenters. The fraction of sp³-hybridized carbons (Fsp3) is 0.769. The fourth-order valence-corrected chi connectivity index (χ4v) is 2.94. The molecular weight excluding hydrogens is 242 g/mol. The average molecular weight is 263 g/mol. The summed E-state index contributed by atoms with van der Waals surface area (Å²) in [4.78, 5) is 18.4. The first-order valence-corrected chi connectivity index (χ1v) is 7.23. The SMILES string of the molecule is Nc1n[nH]c(C(=O)N(CC2CCCCC2)C2CC2)n1. The Kier molecular flexibility index (Phi) is 3.40. The van der Waals surface area contributed by atoms with E-state index in [0.29, 0.717) is 12.0 Å². The summed E-state index contributed by atoms with van der Waals surface area (Å²) in [7, 11) is 0. The Morgan fingerprint density at radius 1 is 1.26 bits per heavy atom. The maximum absolute atomic E-state index is 12.4. The van der Waals surface area contributed by atoms with Gasteiger partial charge < -0.3 is 10.6 Å². The lowest BCUT2D eigenvalue weighted by Crippen LogP contribution is -2.38. The zero-order valence-corrected chi connectivity index (χ0v) is 11.1. The molecule has 6 heteroatoms. The molecule has 1 aromatic heterocycles. The van der Waals surface area contributed by atoms with Crippen molar-refractivity contribution in [3.8, 4) is 0 Å². The van der Waals surface area contributed by atoms with Crippen LogP contribution < -0.4 is 5.73 Å². The Bertz CT molecular complexity index is 448. The van der Waals surface area contributed by atoms with Gasteiger partial charge in [-0.3, -0.25) is 9.89 Å². The number of nitrogens with two attached hydrogens (primary N) is 1. The smallest absolute Gasteiger partial charge is 0.291 e. The van der Waals surface area contributed by atoms with Crippen LogP contribution in [0.25, 0.3) is 0 Å². The molecule has 1 heterocycles. The van der Waals surface area contributed by atoms with Crippen LogP contribution in [0.15, 0.2) is 0 Å². The highest BCUT2D eigenvalue weighted by atomic mass is 16.2. The van der Waals surface area contributed by atoms with Gasteiger partial charge in [-0.05, 0) is 31.6 Å². The third-order valence-corrected chi connectivity index (χ3v) is 4.13. The fourth-order valence-electron chi connectivity index (χ4n) is 2.94. The Morgan fingerprint density at radius 2 is 2.00 bits per heavy atom. The summed E-state index contributed by atoms with van der Waals surface area (Å²) in [5.74, 6) is 1.02. The summed E-state index contributed by atoms with van der Waals surface area (Å²) in [5.41, 5.74) is 5.47. The van der Waals surface area contributed by atoms with Crippen LogP contribution in [0, 0.1) is 5.92 Å². The van der Waals surface area contributed by atoms with E-state index in [1.165, 1.54) is 32.1 Å². The number of rotatable bonds is 4. The summed E-state index contributed by atoms with van der Waals surface area (Å²) in [5, 5.41) is 6.37. The normalized spacial score (nSPS) is 20.4. The van der Waals surface area contributed by atoms with Gasteiger partial charge >= 0.3 is 0 Å². The van der Waals surface area contributed by atoms with E-state index in [0.717, 1.165) is 19.4 Å². The van der Waals surface area contributed by atoms with E-state index in [9.17, 15) is 4.79 Å². The number of hydrogen-bond acceptors (Lipinski definition) is 4. The molecule has 2 fully saturated rings. The van der Waals surface area contributed by atoms with Crippen LogP contribution in [0.2, 0.25) is 0 Å². The summed E-state index contributed by atoms with van der Waals surface area (Å²) in [6.45, 7) is 0.865. The zero-order chi connectivity index (χ0) is 13.2. The molecule has 0 bridgehead atoms. The molecule has 3 rings (SSSR count). The minimum Gasteiger partial charge on any atom is -0.366 e. The first kappa shape index (κ1) is 12.4. The van der Waals surface area contributed by atoms with Gasteiger partial charge in [-0.2, -0.15) is 4.98 Å². The predicted molar refractivity (Wildman–Crippen MR) is 71.4 cm³/mol. The minimum atomic E-state index is -0.0442. The summed E-state index contributed by atoms with van der Waals surface area (Å²) in [6, 6.07) is 0.403.